The molecule has 0 aromatic carbocycles. The van der Waals surface area contributed by atoms with Crippen LogP contribution in [0, 0.1) is 33.5 Å². The van der Waals surface area contributed by atoms with Crippen molar-refractivity contribution in [3.8, 4) is 12.1 Å². The Kier molecular flexibility index (Phi) is 7.03. The van der Waals surface area contributed by atoms with Gasteiger partial charge in [-0.15, -0.1) is 0 Å². The number of esters is 2. The second kappa shape index (κ2) is 9.03. The topological polar surface area (TPSA) is 100 Å². The fourth-order valence-corrected chi connectivity index (χ4v) is 4.23. The van der Waals surface area contributed by atoms with Crippen LogP contribution in [-0.2, 0) is 19.1 Å². The Bertz CT molecular complexity index is 590. The number of hydrogen-bond donors (Lipinski definition) is 0. The Balaban J connectivity index is 2.15. The van der Waals surface area contributed by atoms with Crippen LogP contribution in [0.15, 0.2) is 0 Å². The lowest BCUT2D eigenvalue weighted by Crippen LogP contribution is -2.46. The fraction of sp³-hybridized carbons (Fsp3) is 0.800. The molecule has 2 aliphatic rings. The summed E-state index contributed by atoms with van der Waals surface area (Å²) in [6, 6.07) is 4.54. The van der Waals surface area contributed by atoms with Gasteiger partial charge in [-0.2, -0.15) is 10.5 Å². The molecule has 2 fully saturated rings. The van der Waals surface area contributed by atoms with E-state index < -0.39 is 28.9 Å². The van der Waals surface area contributed by atoms with Gasteiger partial charge in [-0.3, -0.25) is 4.79 Å². The molecule has 1 unspecified atom stereocenters. The van der Waals surface area contributed by atoms with Crippen molar-refractivity contribution in [1.29, 1.82) is 10.5 Å². The quantitative estimate of drug-likeness (QED) is 0.668. The molecule has 6 heteroatoms. The van der Waals surface area contributed by atoms with Crippen LogP contribution in [-0.4, -0.2) is 24.6 Å². The Labute approximate surface area is 155 Å². The van der Waals surface area contributed by atoms with Gasteiger partial charge in [0.25, 0.3) is 0 Å². The summed E-state index contributed by atoms with van der Waals surface area (Å²) in [6.45, 7) is 1.85. The van der Waals surface area contributed by atoms with Gasteiger partial charge in [-0.25, -0.2) is 4.79 Å². The molecule has 0 radical (unpaired) electrons. The zero-order valence-electron chi connectivity index (χ0n) is 15.6. The summed E-state index contributed by atoms with van der Waals surface area (Å²) in [5.74, 6) is -1.23. The number of hydrogen-bond acceptors (Lipinski definition) is 6. The summed E-state index contributed by atoms with van der Waals surface area (Å²) in [7, 11) is 0. The van der Waals surface area contributed by atoms with Crippen molar-refractivity contribution in [2.75, 3.05) is 6.61 Å². The standard InChI is InChI=1S/C20H28N2O4/c1-2-25-18(24)17(20(15-22)11-7-4-8-12-20)26-16(23)13-19(14-21)9-5-3-6-10-19/h17H,2-13H2,1H3. The van der Waals surface area contributed by atoms with Crippen molar-refractivity contribution in [2.24, 2.45) is 10.8 Å². The third-order valence-electron chi connectivity index (χ3n) is 5.75. The van der Waals surface area contributed by atoms with Crippen LogP contribution >= 0.6 is 0 Å². The van der Waals surface area contributed by atoms with Gasteiger partial charge in [0, 0.05) is 0 Å². The molecule has 0 bridgehead atoms. The predicted molar refractivity (Wildman–Crippen MR) is 93.4 cm³/mol. The van der Waals surface area contributed by atoms with E-state index in [1.54, 1.807) is 6.92 Å². The van der Waals surface area contributed by atoms with E-state index in [0.717, 1.165) is 38.5 Å². The van der Waals surface area contributed by atoms with Crippen LogP contribution in [0.1, 0.15) is 77.6 Å². The molecule has 1 atom stereocenters. The number of nitrogens with zero attached hydrogens (tertiary/aromatic N) is 2. The largest absolute Gasteiger partial charge is 0.463 e. The van der Waals surface area contributed by atoms with E-state index in [9.17, 15) is 20.1 Å². The molecule has 0 spiro atoms. The molecular formula is C20H28N2O4. The molecule has 142 valence electrons. The maximum absolute atomic E-state index is 12.6. The zero-order valence-corrected chi connectivity index (χ0v) is 15.6. The summed E-state index contributed by atoms with van der Waals surface area (Å²) in [5.41, 5.74) is -1.73. The number of nitriles is 2. The first kappa shape index (κ1) is 20.2. The van der Waals surface area contributed by atoms with Crippen molar-refractivity contribution in [1.82, 2.24) is 0 Å². The lowest BCUT2D eigenvalue weighted by atomic mass is 9.71. The monoisotopic (exact) mass is 360 g/mol. The third kappa shape index (κ3) is 4.55. The van der Waals surface area contributed by atoms with Gasteiger partial charge in [0.15, 0.2) is 0 Å². The van der Waals surface area contributed by atoms with Crippen LogP contribution in [0.2, 0.25) is 0 Å². The Morgan fingerprint density at radius 1 is 0.962 bits per heavy atom. The molecule has 2 saturated carbocycles. The minimum Gasteiger partial charge on any atom is -0.463 e. The average Bonchev–Trinajstić information content (AvgIpc) is 2.67. The van der Waals surface area contributed by atoms with E-state index in [1.165, 1.54) is 0 Å². The molecular weight excluding hydrogens is 332 g/mol. The third-order valence-corrected chi connectivity index (χ3v) is 5.75. The van der Waals surface area contributed by atoms with Crippen LogP contribution < -0.4 is 0 Å². The Morgan fingerprint density at radius 2 is 1.54 bits per heavy atom. The number of carbonyl (C=O) groups excluding carboxylic acids is 2. The Hall–Kier alpha value is -2.08. The summed E-state index contributed by atoms with van der Waals surface area (Å²) >= 11 is 0. The summed E-state index contributed by atoms with van der Waals surface area (Å²) < 4.78 is 10.6. The van der Waals surface area contributed by atoms with E-state index in [-0.39, 0.29) is 13.0 Å². The molecule has 0 saturated heterocycles. The van der Waals surface area contributed by atoms with Crippen molar-refractivity contribution in [3.63, 3.8) is 0 Å². The molecule has 0 N–H and O–H groups in total. The highest BCUT2D eigenvalue weighted by molar-refractivity contribution is 5.81. The van der Waals surface area contributed by atoms with Crippen molar-refractivity contribution >= 4 is 11.9 Å². The fourth-order valence-electron chi connectivity index (χ4n) is 4.23. The van der Waals surface area contributed by atoms with Gasteiger partial charge in [0.2, 0.25) is 6.10 Å². The van der Waals surface area contributed by atoms with Gasteiger partial charge in [-0.05, 0) is 32.6 Å². The molecule has 6 nitrogen and oxygen atoms in total. The normalized spacial score (nSPS) is 22.3. The number of carbonyl (C=O) groups is 2. The lowest BCUT2D eigenvalue weighted by molar-refractivity contribution is -0.177. The zero-order chi connectivity index (χ0) is 19.0. The van der Waals surface area contributed by atoms with Gasteiger partial charge in [-0.1, -0.05) is 38.5 Å². The van der Waals surface area contributed by atoms with Crippen molar-refractivity contribution in [2.45, 2.75) is 83.7 Å². The average molecular weight is 360 g/mol. The lowest BCUT2D eigenvalue weighted by Gasteiger charge is -2.36. The van der Waals surface area contributed by atoms with E-state index >= 15 is 0 Å². The number of ether oxygens (including phenoxy) is 2. The molecule has 26 heavy (non-hydrogen) atoms. The maximum atomic E-state index is 12.6. The first-order valence-electron chi connectivity index (χ1n) is 9.69. The van der Waals surface area contributed by atoms with E-state index in [1.807, 2.05) is 0 Å². The van der Waals surface area contributed by atoms with E-state index in [4.69, 9.17) is 9.47 Å². The summed E-state index contributed by atoms with van der Waals surface area (Å²) in [4.78, 5) is 25.1. The molecule has 0 amide bonds. The smallest absolute Gasteiger partial charge is 0.349 e. The highest BCUT2D eigenvalue weighted by Gasteiger charge is 2.48. The van der Waals surface area contributed by atoms with Crippen molar-refractivity contribution < 1.29 is 19.1 Å². The molecule has 0 aromatic rings. The highest BCUT2D eigenvalue weighted by atomic mass is 16.6. The van der Waals surface area contributed by atoms with Gasteiger partial charge >= 0.3 is 11.9 Å². The van der Waals surface area contributed by atoms with E-state index in [0.29, 0.717) is 25.7 Å². The number of rotatable bonds is 6. The minimum absolute atomic E-state index is 0.0269. The second-order valence-corrected chi connectivity index (χ2v) is 7.58. The minimum atomic E-state index is -1.21. The first-order valence-corrected chi connectivity index (χ1v) is 9.69. The molecule has 2 rings (SSSR count). The van der Waals surface area contributed by atoms with Crippen LogP contribution in [0.5, 0.6) is 0 Å². The first-order chi connectivity index (χ1) is 12.5. The Morgan fingerprint density at radius 3 is 2.04 bits per heavy atom. The van der Waals surface area contributed by atoms with E-state index in [2.05, 4.69) is 12.1 Å². The predicted octanol–water partition coefficient (Wildman–Crippen LogP) is 3.80. The summed E-state index contributed by atoms with van der Waals surface area (Å²) in [6.07, 6.45) is 6.71. The van der Waals surface area contributed by atoms with Crippen LogP contribution in [0.25, 0.3) is 0 Å². The van der Waals surface area contributed by atoms with Gasteiger partial charge in [0.1, 0.15) is 5.41 Å². The van der Waals surface area contributed by atoms with Gasteiger partial charge < -0.3 is 9.47 Å². The highest BCUT2D eigenvalue weighted by Crippen LogP contribution is 2.42. The molecule has 0 heterocycles. The summed E-state index contributed by atoms with van der Waals surface area (Å²) in [5, 5.41) is 19.3. The molecule has 0 aromatic heterocycles. The molecule has 0 aliphatic heterocycles. The van der Waals surface area contributed by atoms with Crippen molar-refractivity contribution in [3.05, 3.63) is 0 Å². The van der Waals surface area contributed by atoms with Gasteiger partial charge in [0.05, 0.1) is 30.6 Å². The van der Waals surface area contributed by atoms with Crippen LogP contribution in [0.4, 0.5) is 0 Å². The maximum Gasteiger partial charge on any atom is 0.349 e. The SMILES string of the molecule is CCOC(=O)C(OC(=O)CC1(C#N)CCCCC1)C1(C#N)CCCCC1. The van der Waals surface area contributed by atoms with Crippen LogP contribution in [0.3, 0.4) is 0 Å². The molecule has 2 aliphatic carbocycles. The second-order valence-electron chi connectivity index (χ2n) is 7.58.